The lowest BCUT2D eigenvalue weighted by Crippen LogP contribution is -2.31. The summed E-state index contributed by atoms with van der Waals surface area (Å²) in [4.78, 5) is 16.9. The van der Waals surface area contributed by atoms with Crippen molar-refractivity contribution in [2.24, 2.45) is 0 Å². The van der Waals surface area contributed by atoms with Crippen molar-refractivity contribution in [3.05, 3.63) is 40.2 Å². The van der Waals surface area contributed by atoms with E-state index in [2.05, 4.69) is 4.98 Å². The van der Waals surface area contributed by atoms with Gasteiger partial charge in [-0.15, -0.1) is 0 Å². The number of imidazole rings is 1. The number of pyridine rings is 1. The zero-order valence-corrected chi connectivity index (χ0v) is 12.0. The topological polar surface area (TPSA) is 93.1 Å². The molecule has 1 N–H and O–H groups in total. The molecule has 0 spiro atoms. The Kier molecular flexibility index (Phi) is 4.84. The minimum Gasteiger partial charge on any atom is -0.389 e. The molecule has 0 aliphatic heterocycles. The van der Waals surface area contributed by atoms with E-state index >= 15 is 0 Å². The molecule has 8 heteroatoms. The standard InChI is InChI=1S/C13H18N4O4/c1-15(7-10(18)9-21-2)8-11-13(17(19)20)16-6-4-3-5-12(16)14-11/h3-6,10,18H,7-9H2,1-2H3. The fourth-order valence-electron chi connectivity index (χ4n) is 2.26. The van der Waals surface area contributed by atoms with E-state index < -0.39 is 11.0 Å². The maximum absolute atomic E-state index is 11.3. The summed E-state index contributed by atoms with van der Waals surface area (Å²) in [6.45, 7) is 0.842. The summed E-state index contributed by atoms with van der Waals surface area (Å²) in [5.41, 5.74) is 0.906. The fourth-order valence-corrected chi connectivity index (χ4v) is 2.26. The lowest BCUT2D eigenvalue weighted by molar-refractivity contribution is -0.391. The number of nitrogens with zero attached hydrogens (tertiary/aromatic N) is 4. The van der Waals surface area contributed by atoms with Gasteiger partial charge in [-0.1, -0.05) is 6.07 Å². The lowest BCUT2D eigenvalue weighted by Gasteiger charge is -2.18. The second kappa shape index (κ2) is 6.61. The molecule has 0 aliphatic carbocycles. The van der Waals surface area contributed by atoms with Gasteiger partial charge < -0.3 is 20.0 Å². The van der Waals surface area contributed by atoms with E-state index in [1.165, 1.54) is 11.5 Å². The van der Waals surface area contributed by atoms with Crippen LogP contribution in [0.2, 0.25) is 0 Å². The fraction of sp³-hybridized carbons (Fsp3) is 0.462. The Balaban J connectivity index is 2.21. The Bertz CT molecular complexity index is 628. The summed E-state index contributed by atoms with van der Waals surface area (Å²) < 4.78 is 6.31. The first-order valence-corrected chi connectivity index (χ1v) is 6.48. The van der Waals surface area contributed by atoms with E-state index in [0.29, 0.717) is 17.9 Å². The van der Waals surface area contributed by atoms with Crippen LogP contribution in [0.5, 0.6) is 0 Å². The number of fused-ring (bicyclic) bond motifs is 1. The number of hydrogen-bond acceptors (Lipinski definition) is 6. The number of hydrogen-bond donors (Lipinski definition) is 1. The first kappa shape index (κ1) is 15.4. The molecular formula is C13H18N4O4. The minimum absolute atomic E-state index is 0.0429. The van der Waals surface area contributed by atoms with Crippen LogP contribution in [0.1, 0.15) is 5.69 Å². The molecule has 1 atom stereocenters. The van der Waals surface area contributed by atoms with Gasteiger partial charge in [0.15, 0.2) is 5.69 Å². The summed E-state index contributed by atoms with van der Waals surface area (Å²) in [5.74, 6) is -0.0429. The van der Waals surface area contributed by atoms with Gasteiger partial charge in [0.05, 0.1) is 18.9 Å². The Morgan fingerprint density at radius 1 is 1.57 bits per heavy atom. The normalized spacial score (nSPS) is 13.0. The second-order valence-corrected chi connectivity index (χ2v) is 4.87. The molecular weight excluding hydrogens is 276 g/mol. The summed E-state index contributed by atoms with van der Waals surface area (Å²) in [5, 5.41) is 20.9. The van der Waals surface area contributed by atoms with Crippen molar-refractivity contribution in [2.75, 3.05) is 27.3 Å². The van der Waals surface area contributed by atoms with Crippen LogP contribution in [0.3, 0.4) is 0 Å². The van der Waals surface area contributed by atoms with E-state index in [4.69, 9.17) is 4.74 Å². The van der Waals surface area contributed by atoms with Crippen molar-refractivity contribution in [2.45, 2.75) is 12.6 Å². The molecule has 2 rings (SSSR count). The first-order chi connectivity index (χ1) is 10.0. The number of rotatable bonds is 7. The molecule has 2 aromatic rings. The second-order valence-electron chi connectivity index (χ2n) is 4.87. The van der Waals surface area contributed by atoms with Crippen molar-refractivity contribution in [1.29, 1.82) is 0 Å². The van der Waals surface area contributed by atoms with Crippen LogP contribution in [0.25, 0.3) is 5.65 Å². The van der Waals surface area contributed by atoms with Gasteiger partial charge in [0.2, 0.25) is 5.65 Å². The van der Waals surface area contributed by atoms with Crippen LogP contribution in [-0.2, 0) is 11.3 Å². The molecule has 0 aliphatic rings. The van der Waals surface area contributed by atoms with Crippen LogP contribution in [-0.4, -0.2) is 57.7 Å². The zero-order chi connectivity index (χ0) is 15.4. The molecule has 8 nitrogen and oxygen atoms in total. The van der Waals surface area contributed by atoms with Crippen molar-refractivity contribution in [3.63, 3.8) is 0 Å². The number of methoxy groups -OCH3 is 1. The van der Waals surface area contributed by atoms with Gasteiger partial charge in [0, 0.05) is 26.3 Å². The monoisotopic (exact) mass is 294 g/mol. The van der Waals surface area contributed by atoms with Crippen LogP contribution in [0.15, 0.2) is 24.4 Å². The molecule has 0 radical (unpaired) electrons. The molecule has 21 heavy (non-hydrogen) atoms. The molecule has 0 saturated carbocycles. The molecule has 2 aromatic heterocycles. The third kappa shape index (κ3) is 3.54. The van der Waals surface area contributed by atoms with Crippen LogP contribution in [0.4, 0.5) is 5.82 Å². The van der Waals surface area contributed by atoms with Crippen molar-refractivity contribution >= 4 is 11.5 Å². The smallest absolute Gasteiger partial charge is 0.352 e. The van der Waals surface area contributed by atoms with Crippen LogP contribution in [0, 0.1) is 10.1 Å². The number of aromatic nitrogens is 2. The third-order valence-electron chi connectivity index (χ3n) is 3.05. The number of nitro groups is 1. The summed E-state index contributed by atoms with van der Waals surface area (Å²) >= 11 is 0. The van der Waals surface area contributed by atoms with Gasteiger partial charge in [0.1, 0.15) is 0 Å². The Hall–Kier alpha value is -2.03. The van der Waals surface area contributed by atoms with E-state index in [1.807, 2.05) is 0 Å². The van der Waals surface area contributed by atoms with Crippen molar-refractivity contribution in [1.82, 2.24) is 14.3 Å². The lowest BCUT2D eigenvalue weighted by atomic mass is 10.3. The molecule has 0 aromatic carbocycles. The third-order valence-corrected chi connectivity index (χ3v) is 3.05. The predicted octanol–water partition coefficient (Wildman–Crippen LogP) is 0.682. The summed E-state index contributed by atoms with van der Waals surface area (Å²) in [7, 11) is 3.28. The highest BCUT2D eigenvalue weighted by atomic mass is 16.6. The SMILES string of the molecule is COCC(O)CN(C)Cc1nc2ccccn2c1[N+](=O)[O-]. The largest absolute Gasteiger partial charge is 0.389 e. The Labute approximate surface area is 121 Å². The van der Waals surface area contributed by atoms with Crippen LogP contribution >= 0.6 is 0 Å². The number of aliphatic hydroxyl groups excluding tert-OH is 1. The van der Waals surface area contributed by atoms with E-state index in [-0.39, 0.29) is 19.0 Å². The highest BCUT2D eigenvalue weighted by molar-refractivity contribution is 5.48. The molecule has 1 unspecified atom stereocenters. The molecule has 0 bridgehead atoms. The van der Waals surface area contributed by atoms with Gasteiger partial charge in [-0.25, -0.2) is 4.98 Å². The maximum atomic E-state index is 11.3. The Morgan fingerprint density at radius 3 is 3.00 bits per heavy atom. The Morgan fingerprint density at radius 2 is 2.33 bits per heavy atom. The highest BCUT2D eigenvalue weighted by Gasteiger charge is 2.23. The van der Waals surface area contributed by atoms with Gasteiger partial charge in [-0.05, 0) is 18.0 Å². The van der Waals surface area contributed by atoms with Crippen molar-refractivity contribution in [3.8, 4) is 0 Å². The number of likely N-dealkylation sites (N-methyl/N-ethyl adjacent to an activating group) is 1. The highest BCUT2D eigenvalue weighted by Crippen LogP contribution is 2.21. The first-order valence-electron chi connectivity index (χ1n) is 6.48. The van der Waals surface area contributed by atoms with Crippen molar-refractivity contribution < 1.29 is 14.8 Å². The molecule has 2 heterocycles. The van der Waals surface area contributed by atoms with Gasteiger partial charge in [0.25, 0.3) is 0 Å². The quantitative estimate of drug-likeness (QED) is 0.596. The minimum atomic E-state index is -0.643. The molecule has 114 valence electrons. The summed E-state index contributed by atoms with van der Waals surface area (Å²) in [6, 6.07) is 5.22. The zero-order valence-electron chi connectivity index (χ0n) is 12.0. The molecule has 0 saturated heterocycles. The van der Waals surface area contributed by atoms with Gasteiger partial charge >= 0.3 is 5.82 Å². The number of ether oxygens (including phenoxy) is 1. The van der Waals surface area contributed by atoms with Crippen LogP contribution < -0.4 is 0 Å². The van der Waals surface area contributed by atoms with Gasteiger partial charge in [-0.3, -0.25) is 4.90 Å². The van der Waals surface area contributed by atoms with E-state index in [1.54, 1.807) is 36.3 Å². The molecule has 0 amide bonds. The predicted molar refractivity (Wildman–Crippen MR) is 76.1 cm³/mol. The average molecular weight is 294 g/mol. The number of aliphatic hydroxyl groups is 1. The average Bonchev–Trinajstić information content (AvgIpc) is 2.76. The van der Waals surface area contributed by atoms with E-state index in [0.717, 1.165) is 0 Å². The maximum Gasteiger partial charge on any atom is 0.352 e. The van der Waals surface area contributed by atoms with Gasteiger partial charge in [-0.2, -0.15) is 4.40 Å². The van der Waals surface area contributed by atoms with E-state index in [9.17, 15) is 15.2 Å². The summed E-state index contributed by atoms with van der Waals surface area (Å²) in [6.07, 6.45) is 0.972. The molecule has 0 fully saturated rings.